The summed E-state index contributed by atoms with van der Waals surface area (Å²) >= 11 is 0. The number of nitrogens with zero attached hydrogens (tertiary/aromatic N) is 6. The van der Waals surface area contributed by atoms with Crippen molar-refractivity contribution in [2.75, 3.05) is 32.7 Å². The first kappa shape index (κ1) is 23.0. The highest BCUT2D eigenvalue weighted by Crippen LogP contribution is 2.20. The minimum Gasteiger partial charge on any atom is -0.444 e. The number of rotatable bonds is 6. The zero-order valence-electron chi connectivity index (χ0n) is 18.8. The predicted molar refractivity (Wildman–Crippen MR) is 114 cm³/mol. The summed E-state index contributed by atoms with van der Waals surface area (Å²) in [5.74, 6) is 2.22. The monoisotopic (exact) mass is 407 g/mol. The molecule has 0 saturated carbocycles. The summed E-state index contributed by atoms with van der Waals surface area (Å²) in [6.07, 6.45) is 3.51. The quantitative estimate of drug-likeness (QED) is 0.575. The van der Waals surface area contributed by atoms with Gasteiger partial charge in [-0.3, -0.25) is 0 Å². The summed E-state index contributed by atoms with van der Waals surface area (Å²) in [6.45, 7) is 14.3. The van der Waals surface area contributed by atoms with Crippen LogP contribution < -0.4 is 5.32 Å². The van der Waals surface area contributed by atoms with Gasteiger partial charge in [-0.2, -0.15) is 0 Å². The molecule has 1 aromatic heterocycles. The van der Waals surface area contributed by atoms with Crippen LogP contribution in [0.5, 0.6) is 0 Å². The van der Waals surface area contributed by atoms with E-state index in [-0.39, 0.29) is 6.09 Å². The molecule has 1 aliphatic rings. The SMILES string of the molecule is CCNC(=NCc1nncn1C)N1CCC(CN(CC)C(=O)OC(C)(C)C)CC1. The molecule has 1 amide bonds. The molecule has 1 aromatic rings. The van der Waals surface area contributed by atoms with Gasteiger partial charge in [0, 0.05) is 39.8 Å². The summed E-state index contributed by atoms with van der Waals surface area (Å²) in [5.41, 5.74) is -0.465. The van der Waals surface area contributed by atoms with E-state index in [0.717, 1.165) is 50.8 Å². The van der Waals surface area contributed by atoms with E-state index in [0.29, 0.717) is 19.0 Å². The van der Waals surface area contributed by atoms with Crippen LogP contribution in [0.3, 0.4) is 0 Å². The average Bonchev–Trinajstić information content (AvgIpc) is 3.07. The second-order valence-corrected chi connectivity index (χ2v) is 8.48. The summed E-state index contributed by atoms with van der Waals surface area (Å²) < 4.78 is 7.42. The molecular weight excluding hydrogens is 370 g/mol. The summed E-state index contributed by atoms with van der Waals surface area (Å²) in [6, 6.07) is 0. The van der Waals surface area contributed by atoms with Crippen LogP contribution in [0.1, 0.15) is 53.3 Å². The van der Waals surface area contributed by atoms with E-state index in [4.69, 9.17) is 9.73 Å². The van der Waals surface area contributed by atoms with Gasteiger partial charge in [0.15, 0.2) is 11.8 Å². The first-order valence-electron chi connectivity index (χ1n) is 10.6. The van der Waals surface area contributed by atoms with Gasteiger partial charge in [-0.05, 0) is 53.4 Å². The number of aliphatic imine (C=N–C) groups is 1. The Morgan fingerprint density at radius 2 is 2.03 bits per heavy atom. The Hall–Kier alpha value is -2.32. The summed E-state index contributed by atoms with van der Waals surface area (Å²) in [4.78, 5) is 21.2. The predicted octanol–water partition coefficient (Wildman–Crippen LogP) is 2.25. The number of amides is 1. The molecule has 2 heterocycles. The van der Waals surface area contributed by atoms with Gasteiger partial charge in [-0.15, -0.1) is 10.2 Å². The molecule has 0 aliphatic carbocycles. The number of aromatic nitrogens is 3. The highest BCUT2D eigenvalue weighted by molar-refractivity contribution is 5.80. The van der Waals surface area contributed by atoms with E-state index >= 15 is 0 Å². The molecule has 0 spiro atoms. The molecule has 164 valence electrons. The largest absolute Gasteiger partial charge is 0.444 e. The topological polar surface area (TPSA) is 87.9 Å². The second kappa shape index (κ2) is 10.5. The molecule has 29 heavy (non-hydrogen) atoms. The highest BCUT2D eigenvalue weighted by atomic mass is 16.6. The van der Waals surface area contributed by atoms with Gasteiger partial charge in [0.25, 0.3) is 0 Å². The molecule has 1 saturated heterocycles. The van der Waals surface area contributed by atoms with Crippen LogP contribution in [0.25, 0.3) is 0 Å². The van der Waals surface area contributed by atoms with E-state index in [2.05, 4.69) is 27.3 Å². The van der Waals surface area contributed by atoms with Crippen molar-refractivity contribution in [3.8, 4) is 0 Å². The van der Waals surface area contributed by atoms with Crippen LogP contribution in [0.15, 0.2) is 11.3 Å². The Labute approximate surface area is 174 Å². The maximum Gasteiger partial charge on any atom is 0.410 e. The van der Waals surface area contributed by atoms with E-state index in [9.17, 15) is 4.79 Å². The molecule has 2 rings (SSSR count). The van der Waals surface area contributed by atoms with Crippen LogP contribution in [-0.4, -0.2) is 74.9 Å². The third-order valence-corrected chi connectivity index (χ3v) is 4.94. The summed E-state index contributed by atoms with van der Waals surface area (Å²) in [7, 11) is 1.92. The fourth-order valence-electron chi connectivity index (χ4n) is 3.32. The Morgan fingerprint density at radius 1 is 1.34 bits per heavy atom. The molecule has 1 fully saturated rings. The highest BCUT2D eigenvalue weighted by Gasteiger charge is 2.27. The fraction of sp³-hybridized carbons (Fsp3) is 0.800. The lowest BCUT2D eigenvalue weighted by molar-refractivity contribution is 0.0214. The maximum atomic E-state index is 12.4. The Balaban J connectivity index is 1.90. The molecule has 0 bridgehead atoms. The standard InChI is InChI=1S/C20H37N7O2/c1-7-21-18(22-13-17-24-23-15-25(17)6)27-11-9-16(10-12-27)14-26(8-2)19(28)29-20(3,4)5/h15-16H,7-14H2,1-6H3,(H,21,22). The van der Waals surface area contributed by atoms with Crippen molar-refractivity contribution in [2.24, 2.45) is 18.0 Å². The number of hydrogen-bond acceptors (Lipinski definition) is 5. The number of ether oxygens (including phenoxy) is 1. The number of carbonyl (C=O) groups is 1. The minimum absolute atomic E-state index is 0.221. The first-order valence-corrected chi connectivity index (χ1v) is 10.6. The van der Waals surface area contributed by atoms with E-state index in [1.165, 1.54) is 0 Å². The number of piperidine rings is 1. The normalized spacial score (nSPS) is 16.1. The van der Waals surface area contributed by atoms with E-state index < -0.39 is 5.60 Å². The minimum atomic E-state index is -0.465. The molecule has 9 heteroatoms. The molecule has 0 aromatic carbocycles. The maximum absolute atomic E-state index is 12.4. The lowest BCUT2D eigenvalue weighted by Gasteiger charge is -2.36. The average molecular weight is 408 g/mol. The van der Waals surface area contributed by atoms with Crippen molar-refractivity contribution in [1.82, 2.24) is 29.9 Å². The summed E-state index contributed by atoms with van der Waals surface area (Å²) in [5, 5.41) is 11.4. The number of guanidine groups is 1. The van der Waals surface area contributed by atoms with Crippen molar-refractivity contribution >= 4 is 12.1 Å². The molecule has 1 N–H and O–H groups in total. The van der Waals surface area contributed by atoms with Crippen molar-refractivity contribution in [1.29, 1.82) is 0 Å². The van der Waals surface area contributed by atoms with Crippen LogP contribution in [0.2, 0.25) is 0 Å². The fourth-order valence-corrected chi connectivity index (χ4v) is 3.32. The third kappa shape index (κ3) is 7.21. The van der Waals surface area contributed by atoms with Crippen molar-refractivity contribution in [2.45, 2.75) is 59.6 Å². The van der Waals surface area contributed by atoms with E-state index in [1.807, 2.05) is 44.2 Å². The van der Waals surface area contributed by atoms with Gasteiger partial charge in [0.1, 0.15) is 18.5 Å². The van der Waals surface area contributed by atoms with Crippen molar-refractivity contribution < 1.29 is 9.53 Å². The second-order valence-electron chi connectivity index (χ2n) is 8.48. The third-order valence-electron chi connectivity index (χ3n) is 4.94. The molecule has 0 unspecified atom stereocenters. The smallest absolute Gasteiger partial charge is 0.410 e. The van der Waals surface area contributed by atoms with E-state index in [1.54, 1.807) is 6.33 Å². The van der Waals surface area contributed by atoms with Gasteiger partial charge >= 0.3 is 6.09 Å². The number of likely N-dealkylation sites (tertiary alicyclic amines) is 1. The van der Waals surface area contributed by atoms with Crippen LogP contribution in [0.4, 0.5) is 4.79 Å². The number of hydrogen-bond donors (Lipinski definition) is 1. The van der Waals surface area contributed by atoms with Gasteiger partial charge in [0.2, 0.25) is 0 Å². The molecular formula is C20H37N7O2. The number of aryl methyl sites for hydroxylation is 1. The number of nitrogens with one attached hydrogen (secondary N) is 1. The van der Waals surface area contributed by atoms with Crippen LogP contribution in [-0.2, 0) is 18.3 Å². The first-order chi connectivity index (χ1) is 13.7. The Morgan fingerprint density at radius 3 is 2.55 bits per heavy atom. The van der Waals surface area contributed by atoms with Gasteiger partial charge < -0.3 is 24.4 Å². The van der Waals surface area contributed by atoms with Gasteiger partial charge in [0.05, 0.1) is 0 Å². The van der Waals surface area contributed by atoms with Crippen molar-refractivity contribution in [3.63, 3.8) is 0 Å². The zero-order valence-corrected chi connectivity index (χ0v) is 18.8. The van der Waals surface area contributed by atoms with Gasteiger partial charge in [-0.25, -0.2) is 9.79 Å². The van der Waals surface area contributed by atoms with Crippen LogP contribution in [0, 0.1) is 5.92 Å². The molecule has 1 aliphatic heterocycles. The molecule has 9 nitrogen and oxygen atoms in total. The Bertz CT molecular complexity index is 673. The lowest BCUT2D eigenvalue weighted by atomic mass is 9.96. The van der Waals surface area contributed by atoms with Crippen molar-refractivity contribution in [3.05, 3.63) is 12.2 Å². The zero-order chi connectivity index (χ0) is 21.4. The lowest BCUT2D eigenvalue weighted by Crippen LogP contribution is -2.47. The molecule has 0 atom stereocenters. The Kier molecular flexibility index (Phi) is 8.28. The number of carbonyl (C=O) groups excluding carboxylic acids is 1. The van der Waals surface area contributed by atoms with Crippen LogP contribution >= 0.6 is 0 Å². The van der Waals surface area contributed by atoms with Gasteiger partial charge in [-0.1, -0.05) is 0 Å². The molecule has 0 radical (unpaired) electrons.